The van der Waals surface area contributed by atoms with Crippen molar-refractivity contribution in [3.63, 3.8) is 0 Å². The maximum atomic E-state index is 11.0. The minimum Gasteiger partial charge on any atom is -0.369 e. The van der Waals surface area contributed by atoms with Crippen LogP contribution in [0.25, 0.3) is 0 Å². The SMILES string of the molecule is Cl.NC(=O)C1CCN(c2ccccn2)CC1. The molecule has 1 amide bonds. The molecule has 2 rings (SSSR count). The van der Waals surface area contributed by atoms with E-state index in [1.54, 1.807) is 6.20 Å². The molecule has 1 fully saturated rings. The summed E-state index contributed by atoms with van der Waals surface area (Å²) in [7, 11) is 0. The second-order valence-electron chi connectivity index (χ2n) is 3.85. The Morgan fingerprint density at radius 2 is 2.06 bits per heavy atom. The van der Waals surface area contributed by atoms with Gasteiger partial charge in [-0.05, 0) is 25.0 Å². The van der Waals surface area contributed by atoms with Crippen LogP contribution in [0.4, 0.5) is 5.82 Å². The van der Waals surface area contributed by atoms with Crippen molar-refractivity contribution < 1.29 is 4.79 Å². The topological polar surface area (TPSA) is 59.2 Å². The quantitative estimate of drug-likeness (QED) is 0.847. The third kappa shape index (κ3) is 2.85. The number of hydrogen-bond acceptors (Lipinski definition) is 3. The van der Waals surface area contributed by atoms with Crippen LogP contribution in [0.15, 0.2) is 24.4 Å². The third-order valence-electron chi connectivity index (χ3n) is 2.87. The summed E-state index contributed by atoms with van der Waals surface area (Å²) in [6.07, 6.45) is 3.47. The first-order valence-electron chi connectivity index (χ1n) is 5.22. The van der Waals surface area contributed by atoms with Gasteiger partial charge < -0.3 is 10.6 Å². The standard InChI is InChI=1S/C11H15N3O.ClH/c12-11(15)9-4-7-14(8-5-9)10-3-1-2-6-13-10;/h1-3,6,9H,4-5,7-8H2,(H2,12,15);1H. The van der Waals surface area contributed by atoms with Crippen LogP contribution in [0.5, 0.6) is 0 Å². The molecule has 0 aromatic carbocycles. The van der Waals surface area contributed by atoms with Crippen molar-refractivity contribution in [1.82, 2.24) is 4.98 Å². The fourth-order valence-electron chi connectivity index (χ4n) is 1.93. The van der Waals surface area contributed by atoms with Crippen molar-refractivity contribution in [1.29, 1.82) is 0 Å². The molecule has 16 heavy (non-hydrogen) atoms. The predicted octanol–water partition coefficient (Wildman–Crippen LogP) is 1.21. The molecule has 2 N–H and O–H groups in total. The average Bonchev–Trinajstić information content (AvgIpc) is 2.30. The molecule has 0 radical (unpaired) electrons. The van der Waals surface area contributed by atoms with Crippen LogP contribution in [0, 0.1) is 5.92 Å². The van der Waals surface area contributed by atoms with E-state index < -0.39 is 0 Å². The van der Waals surface area contributed by atoms with Gasteiger partial charge in [-0.3, -0.25) is 4.79 Å². The Balaban J connectivity index is 0.00000128. The lowest BCUT2D eigenvalue weighted by molar-refractivity contribution is -0.122. The van der Waals surface area contributed by atoms with E-state index in [0.717, 1.165) is 31.7 Å². The van der Waals surface area contributed by atoms with Gasteiger partial charge in [0.25, 0.3) is 0 Å². The summed E-state index contributed by atoms with van der Waals surface area (Å²) in [5, 5.41) is 0. The minimum atomic E-state index is -0.171. The number of amides is 1. The normalized spacial score (nSPS) is 16.6. The van der Waals surface area contributed by atoms with Crippen LogP contribution in [-0.2, 0) is 4.79 Å². The number of primary amides is 1. The Kier molecular flexibility index (Phi) is 4.55. The minimum absolute atomic E-state index is 0. The second kappa shape index (κ2) is 5.70. The summed E-state index contributed by atoms with van der Waals surface area (Å²) in [6.45, 7) is 1.73. The predicted molar refractivity (Wildman–Crippen MR) is 65.6 cm³/mol. The Hall–Kier alpha value is -1.29. The van der Waals surface area contributed by atoms with Crippen LogP contribution < -0.4 is 10.6 Å². The molecule has 0 aliphatic carbocycles. The summed E-state index contributed by atoms with van der Waals surface area (Å²) in [5.41, 5.74) is 5.28. The maximum absolute atomic E-state index is 11.0. The van der Waals surface area contributed by atoms with Crippen molar-refractivity contribution in [2.45, 2.75) is 12.8 Å². The van der Waals surface area contributed by atoms with Gasteiger partial charge in [0.05, 0.1) is 0 Å². The molecule has 1 aliphatic heterocycles. The zero-order chi connectivity index (χ0) is 10.7. The molecule has 1 aromatic rings. The fourth-order valence-corrected chi connectivity index (χ4v) is 1.93. The summed E-state index contributed by atoms with van der Waals surface area (Å²) in [4.78, 5) is 17.5. The first-order valence-corrected chi connectivity index (χ1v) is 5.22. The first-order chi connectivity index (χ1) is 7.27. The van der Waals surface area contributed by atoms with Crippen molar-refractivity contribution in [2.75, 3.05) is 18.0 Å². The van der Waals surface area contributed by atoms with Crippen molar-refractivity contribution in [2.24, 2.45) is 11.7 Å². The molecule has 2 heterocycles. The summed E-state index contributed by atoms with van der Waals surface area (Å²) >= 11 is 0. The highest BCUT2D eigenvalue weighted by Crippen LogP contribution is 2.20. The van der Waals surface area contributed by atoms with Crippen molar-refractivity contribution >= 4 is 24.1 Å². The lowest BCUT2D eigenvalue weighted by atomic mass is 9.96. The number of nitrogens with two attached hydrogens (primary N) is 1. The summed E-state index contributed by atoms with van der Waals surface area (Å²) < 4.78 is 0. The Morgan fingerprint density at radius 3 is 2.56 bits per heavy atom. The Bertz CT molecular complexity index is 336. The molecule has 1 aromatic heterocycles. The lowest BCUT2D eigenvalue weighted by Gasteiger charge is -2.31. The summed E-state index contributed by atoms with van der Waals surface area (Å²) in [5.74, 6) is 0.862. The smallest absolute Gasteiger partial charge is 0.220 e. The van der Waals surface area contributed by atoms with Crippen molar-refractivity contribution in [3.05, 3.63) is 24.4 Å². The number of carbonyl (C=O) groups is 1. The number of nitrogens with zero attached hydrogens (tertiary/aromatic N) is 2. The van der Waals surface area contributed by atoms with Gasteiger partial charge in [0.2, 0.25) is 5.91 Å². The van der Waals surface area contributed by atoms with Gasteiger partial charge in [-0.2, -0.15) is 0 Å². The van der Waals surface area contributed by atoms with E-state index in [1.165, 1.54) is 0 Å². The van der Waals surface area contributed by atoms with Crippen LogP contribution in [0.1, 0.15) is 12.8 Å². The number of aromatic nitrogens is 1. The van der Waals surface area contributed by atoms with Gasteiger partial charge in [0.1, 0.15) is 5.82 Å². The Labute approximate surface area is 101 Å². The van der Waals surface area contributed by atoms with E-state index in [1.807, 2.05) is 18.2 Å². The zero-order valence-corrected chi connectivity index (χ0v) is 9.82. The average molecular weight is 242 g/mol. The Morgan fingerprint density at radius 1 is 1.38 bits per heavy atom. The van der Waals surface area contributed by atoms with Gasteiger partial charge in [0, 0.05) is 25.2 Å². The van der Waals surface area contributed by atoms with E-state index in [-0.39, 0.29) is 24.2 Å². The number of carbonyl (C=O) groups excluding carboxylic acids is 1. The molecule has 0 atom stereocenters. The van der Waals surface area contributed by atoms with Crippen molar-refractivity contribution in [3.8, 4) is 0 Å². The van der Waals surface area contributed by atoms with E-state index >= 15 is 0 Å². The number of halogens is 1. The highest BCUT2D eigenvalue weighted by Gasteiger charge is 2.23. The lowest BCUT2D eigenvalue weighted by Crippen LogP contribution is -2.38. The molecule has 1 aliphatic rings. The second-order valence-corrected chi connectivity index (χ2v) is 3.85. The van der Waals surface area contributed by atoms with E-state index in [4.69, 9.17) is 5.73 Å². The van der Waals surface area contributed by atoms with Crippen LogP contribution in [0.2, 0.25) is 0 Å². The largest absolute Gasteiger partial charge is 0.369 e. The highest BCUT2D eigenvalue weighted by atomic mass is 35.5. The molecular formula is C11H16ClN3O. The number of rotatable bonds is 2. The van der Waals surface area contributed by atoms with Crippen LogP contribution in [-0.4, -0.2) is 24.0 Å². The number of pyridine rings is 1. The third-order valence-corrected chi connectivity index (χ3v) is 2.87. The van der Waals surface area contributed by atoms with Gasteiger partial charge in [-0.25, -0.2) is 4.98 Å². The summed E-state index contributed by atoms with van der Waals surface area (Å²) in [6, 6.07) is 5.87. The van der Waals surface area contributed by atoms with E-state index in [0.29, 0.717) is 0 Å². The van der Waals surface area contributed by atoms with Gasteiger partial charge in [-0.15, -0.1) is 12.4 Å². The molecule has 0 unspecified atom stereocenters. The molecule has 4 nitrogen and oxygen atoms in total. The molecular weight excluding hydrogens is 226 g/mol. The fraction of sp³-hybridized carbons (Fsp3) is 0.455. The number of anilines is 1. The highest BCUT2D eigenvalue weighted by molar-refractivity contribution is 5.85. The number of hydrogen-bond donors (Lipinski definition) is 1. The van der Waals surface area contributed by atoms with E-state index in [9.17, 15) is 4.79 Å². The van der Waals surface area contributed by atoms with Gasteiger partial charge >= 0.3 is 0 Å². The first kappa shape index (κ1) is 12.8. The molecule has 5 heteroatoms. The maximum Gasteiger partial charge on any atom is 0.220 e. The molecule has 88 valence electrons. The monoisotopic (exact) mass is 241 g/mol. The van der Waals surface area contributed by atoms with E-state index in [2.05, 4.69) is 9.88 Å². The number of piperidine rings is 1. The van der Waals surface area contributed by atoms with Gasteiger partial charge in [0.15, 0.2) is 0 Å². The van der Waals surface area contributed by atoms with Crippen LogP contribution in [0.3, 0.4) is 0 Å². The zero-order valence-electron chi connectivity index (χ0n) is 9.00. The molecule has 0 saturated carbocycles. The molecule has 1 saturated heterocycles. The van der Waals surface area contributed by atoms with Crippen LogP contribution >= 0.6 is 12.4 Å². The molecule has 0 spiro atoms. The van der Waals surface area contributed by atoms with Gasteiger partial charge in [-0.1, -0.05) is 6.07 Å². The molecule has 0 bridgehead atoms.